The summed E-state index contributed by atoms with van der Waals surface area (Å²) < 4.78 is 0. The summed E-state index contributed by atoms with van der Waals surface area (Å²) in [6, 6.07) is 0. The van der Waals surface area contributed by atoms with Crippen molar-refractivity contribution < 1.29 is 9.90 Å². The molecule has 1 rings (SSSR count). The van der Waals surface area contributed by atoms with Gasteiger partial charge in [0.2, 0.25) is 0 Å². The van der Waals surface area contributed by atoms with E-state index in [9.17, 15) is 9.90 Å². The first-order chi connectivity index (χ1) is 7.17. The van der Waals surface area contributed by atoms with Gasteiger partial charge >= 0.3 is 5.97 Å². The lowest BCUT2D eigenvalue weighted by atomic mass is 9.93. The Kier molecular flexibility index (Phi) is 4.16. The van der Waals surface area contributed by atoms with Crippen molar-refractivity contribution in [3.05, 3.63) is 0 Å². The second-order valence-corrected chi connectivity index (χ2v) is 4.09. The lowest BCUT2D eigenvalue weighted by molar-refractivity contribution is -0.150. The Morgan fingerprint density at radius 3 is 2.93 bits per heavy atom. The molecule has 0 amide bonds. The quantitative estimate of drug-likeness (QED) is 0.553. The average Bonchev–Trinajstić information content (AvgIpc) is 2.62. The summed E-state index contributed by atoms with van der Waals surface area (Å²) in [4.78, 5) is 13.4. The molecule has 1 unspecified atom stereocenters. The fraction of sp³-hybridized carbons (Fsp3) is 0.750. The Labute approximate surface area is 91.5 Å². The number of carboxylic acid groups (broad SMARTS) is 1. The molecule has 3 heteroatoms. The summed E-state index contributed by atoms with van der Waals surface area (Å²) in [5, 5.41) is 9.31. The average molecular weight is 209 g/mol. The van der Waals surface area contributed by atoms with Gasteiger partial charge in [0.1, 0.15) is 5.54 Å². The van der Waals surface area contributed by atoms with E-state index in [0.29, 0.717) is 6.42 Å². The third kappa shape index (κ3) is 2.32. The van der Waals surface area contributed by atoms with Gasteiger partial charge in [-0.25, -0.2) is 0 Å². The fourth-order valence-corrected chi connectivity index (χ4v) is 2.43. The molecule has 1 N–H and O–H groups in total. The number of hydrogen-bond acceptors (Lipinski definition) is 2. The van der Waals surface area contributed by atoms with Crippen LogP contribution >= 0.6 is 0 Å². The molecule has 1 aliphatic heterocycles. The molecule has 0 bridgehead atoms. The molecule has 1 atom stereocenters. The van der Waals surface area contributed by atoms with Crippen LogP contribution in [0, 0.1) is 12.3 Å². The van der Waals surface area contributed by atoms with E-state index in [4.69, 9.17) is 6.42 Å². The van der Waals surface area contributed by atoms with Gasteiger partial charge < -0.3 is 5.11 Å². The molecule has 0 aromatic carbocycles. The van der Waals surface area contributed by atoms with Gasteiger partial charge in [-0.3, -0.25) is 9.69 Å². The van der Waals surface area contributed by atoms with Crippen molar-refractivity contribution in [2.45, 2.75) is 44.6 Å². The first-order valence-electron chi connectivity index (χ1n) is 5.59. The lowest BCUT2D eigenvalue weighted by Crippen LogP contribution is -2.50. The Bertz CT molecular complexity index is 269. The summed E-state index contributed by atoms with van der Waals surface area (Å²) in [5.74, 6) is 1.91. The molecule has 1 saturated heterocycles. The Morgan fingerprint density at radius 1 is 1.67 bits per heavy atom. The second-order valence-electron chi connectivity index (χ2n) is 4.09. The standard InChI is InChI=1S/C12H19NO2/c1-3-5-6-9-13-10-7-8-12(13,4-2)11(14)15/h1H,4-10H2,2H3,(H,14,15). The van der Waals surface area contributed by atoms with Crippen LogP contribution in [0.3, 0.4) is 0 Å². The van der Waals surface area contributed by atoms with Gasteiger partial charge in [0, 0.05) is 13.0 Å². The number of unbranched alkanes of at least 4 members (excludes halogenated alkanes) is 1. The van der Waals surface area contributed by atoms with Crippen LogP contribution in [0.4, 0.5) is 0 Å². The molecular formula is C12H19NO2. The molecule has 84 valence electrons. The van der Waals surface area contributed by atoms with E-state index in [0.717, 1.165) is 38.8 Å². The highest BCUT2D eigenvalue weighted by Crippen LogP contribution is 2.32. The molecule has 0 aliphatic carbocycles. The molecule has 3 nitrogen and oxygen atoms in total. The topological polar surface area (TPSA) is 40.5 Å². The minimum Gasteiger partial charge on any atom is -0.480 e. The monoisotopic (exact) mass is 209 g/mol. The van der Waals surface area contributed by atoms with E-state index in [1.807, 2.05) is 6.92 Å². The minimum atomic E-state index is -0.678. The first-order valence-corrected chi connectivity index (χ1v) is 5.59. The van der Waals surface area contributed by atoms with Gasteiger partial charge in [0.05, 0.1) is 0 Å². The van der Waals surface area contributed by atoms with Gasteiger partial charge in [-0.2, -0.15) is 0 Å². The number of aliphatic carboxylic acids is 1. The molecule has 0 aromatic rings. The van der Waals surface area contributed by atoms with Crippen molar-refractivity contribution in [2.24, 2.45) is 0 Å². The zero-order chi connectivity index (χ0) is 11.3. The van der Waals surface area contributed by atoms with Gasteiger partial charge in [-0.1, -0.05) is 6.92 Å². The number of terminal acetylenes is 1. The van der Waals surface area contributed by atoms with Crippen LogP contribution in [0.1, 0.15) is 39.0 Å². The van der Waals surface area contributed by atoms with Crippen molar-refractivity contribution in [1.82, 2.24) is 4.90 Å². The summed E-state index contributed by atoms with van der Waals surface area (Å²) in [6.07, 6.45) is 9.25. The summed E-state index contributed by atoms with van der Waals surface area (Å²) in [6.45, 7) is 3.66. The maximum Gasteiger partial charge on any atom is 0.324 e. The highest BCUT2D eigenvalue weighted by molar-refractivity contribution is 5.79. The summed E-state index contributed by atoms with van der Waals surface area (Å²) >= 11 is 0. The van der Waals surface area contributed by atoms with Gasteiger partial charge in [0.25, 0.3) is 0 Å². The molecule has 1 fully saturated rings. The van der Waals surface area contributed by atoms with Gasteiger partial charge in [-0.15, -0.1) is 12.3 Å². The SMILES string of the molecule is C#CCCCN1CCCC1(CC)C(=O)O. The largest absolute Gasteiger partial charge is 0.480 e. The van der Waals surface area contributed by atoms with Crippen LogP contribution in [-0.2, 0) is 4.79 Å². The Hall–Kier alpha value is -1.01. The lowest BCUT2D eigenvalue weighted by Gasteiger charge is -2.33. The van der Waals surface area contributed by atoms with Crippen LogP contribution in [-0.4, -0.2) is 34.6 Å². The highest BCUT2D eigenvalue weighted by Gasteiger charge is 2.45. The maximum atomic E-state index is 11.3. The third-order valence-electron chi connectivity index (χ3n) is 3.36. The summed E-state index contributed by atoms with van der Waals surface area (Å²) in [5.41, 5.74) is -0.616. The van der Waals surface area contributed by atoms with Crippen LogP contribution in [0.25, 0.3) is 0 Å². The van der Waals surface area contributed by atoms with Crippen molar-refractivity contribution >= 4 is 5.97 Å². The minimum absolute atomic E-state index is 0.616. The second kappa shape index (κ2) is 5.18. The molecule has 1 aliphatic rings. The third-order valence-corrected chi connectivity index (χ3v) is 3.36. The number of carboxylic acids is 1. The number of nitrogens with zero attached hydrogens (tertiary/aromatic N) is 1. The van der Waals surface area contributed by atoms with Crippen LogP contribution in [0.15, 0.2) is 0 Å². The zero-order valence-electron chi connectivity index (χ0n) is 9.33. The van der Waals surface area contributed by atoms with Gasteiger partial charge in [0.15, 0.2) is 0 Å². The maximum absolute atomic E-state index is 11.3. The fourth-order valence-electron chi connectivity index (χ4n) is 2.43. The van der Waals surface area contributed by atoms with E-state index in [-0.39, 0.29) is 0 Å². The smallest absolute Gasteiger partial charge is 0.324 e. The van der Waals surface area contributed by atoms with E-state index in [1.54, 1.807) is 0 Å². The van der Waals surface area contributed by atoms with Crippen LogP contribution < -0.4 is 0 Å². The predicted molar refractivity (Wildman–Crippen MR) is 59.5 cm³/mol. The predicted octanol–water partition coefficient (Wildman–Crippen LogP) is 1.73. The molecule has 0 saturated carbocycles. The number of hydrogen-bond donors (Lipinski definition) is 1. The van der Waals surface area contributed by atoms with Crippen molar-refractivity contribution in [3.8, 4) is 12.3 Å². The van der Waals surface area contributed by atoms with E-state index in [2.05, 4.69) is 10.8 Å². The van der Waals surface area contributed by atoms with E-state index >= 15 is 0 Å². The zero-order valence-corrected chi connectivity index (χ0v) is 9.33. The van der Waals surface area contributed by atoms with Crippen LogP contribution in [0.2, 0.25) is 0 Å². The van der Waals surface area contributed by atoms with Crippen LogP contribution in [0.5, 0.6) is 0 Å². The highest BCUT2D eigenvalue weighted by atomic mass is 16.4. The number of rotatable bonds is 5. The van der Waals surface area contributed by atoms with Gasteiger partial charge in [-0.05, 0) is 32.2 Å². The molecule has 1 heterocycles. The Morgan fingerprint density at radius 2 is 2.40 bits per heavy atom. The number of carbonyl (C=O) groups is 1. The van der Waals surface area contributed by atoms with Crippen molar-refractivity contribution in [2.75, 3.05) is 13.1 Å². The van der Waals surface area contributed by atoms with Crippen molar-refractivity contribution in [3.63, 3.8) is 0 Å². The molecule has 0 spiro atoms. The molecule has 0 radical (unpaired) electrons. The summed E-state index contributed by atoms with van der Waals surface area (Å²) in [7, 11) is 0. The first kappa shape index (κ1) is 12.1. The normalized spacial score (nSPS) is 26.4. The Balaban J connectivity index is 2.62. The molecule has 0 aromatic heterocycles. The molecule has 15 heavy (non-hydrogen) atoms. The molecular weight excluding hydrogens is 190 g/mol. The number of likely N-dealkylation sites (tertiary alicyclic amines) is 1. The van der Waals surface area contributed by atoms with Crippen molar-refractivity contribution in [1.29, 1.82) is 0 Å². The van der Waals surface area contributed by atoms with E-state index in [1.165, 1.54) is 0 Å². The van der Waals surface area contributed by atoms with E-state index < -0.39 is 11.5 Å².